The van der Waals surface area contributed by atoms with E-state index in [1.807, 2.05) is 49.4 Å². The van der Waals surface area contributed by atoms with Crippen LogP contribution in [0, 0.1) is 0 Å². The topological polar surface area (TPSA) is 95.3 Å². The number of anilines is 1. The van der Waals surface area contributed by atoms with Crippen molar-refractivity contribution in [3.05, 3.63) is 77.0 Å². The van der Waals surface area contributed by atoms with E-state index in [2.05, 4.69) is 15.3 Å². The van der Waals surface area contributed by atoms with Crippen LogP contribution in [-0.2, 0) is 11.3 Å². The summed E-state index contributed by atoms with van der Waals surface area (Å²) in [5, 5.41) is 3.34. The Kier molecular flexibility index (Phi) is 5.95. The number of pyridine rings is 1. The minimum Gasteiger partial charge on any atom is -0.454 e. The van der Waals surface area contributed by atoms with E-state index in [1.165, 1.54) is 0 Å². The van der Waals surface area contributed by atoms with Crippen LogP contribution >= 0.6 is 0 Å². The molecule has 8 nitrogen and oxygen atoms in total. The van der Waals surface area contributed by atoms with Gasteiger partial charge in [-0.25, -0.2) is 9.97 Å². The van der Waals surface area contributed by atoms with Gasteiger partial charge < -0.3 is 14.8 Å². The molecule has 3 heterocycles. The number of carbonyl (C=O) groups excluding carboxylic acids is 1. The summed E-state index contributed by atoms with van der Waals surface area (Å²) in [5.41, 5.74) is 3.12. The maximum Gasteiger partial charge on any atom is 0.261 e. The molecule has 0 saturated heterocycles. The molecule has 34 heavy (non-hydrogen) atoms. The molecule has 0 atom stereocenters. The van der Waals surface area contributed by atoms with Crippen molar-refractivity contribution in [3.8, 4) is 22.6 Å². The van der Waals surface area contributed by atoms with Crippen LogP contribution in [0.3, 0.4) is 0 Å². The summed E-state index contributed by atoms with van der Waals surface area (Å²) in [7, 11) is 0. The Labute approximate surface area is 196 Å². The van der Waals surface area contributed by atoms with Crippen LogP contribution in [0.5, 0.6) is 11.5 Å². The van der Waals surface area contributed by atoms with Crippen LogP contribution in [-0.4, -0.2) is 27.2 Å². The van der Waals surface area contributed by atoms with Gasteiger partial charge in [0, 0.05) is 18.2 Å². The molecule has 0 radical (unpaired) electrons. The van der Waals surface area contributed by atoms with Crippen molar-refractivity contribution in [1.29, 1.82) is 0 Å². The number of benzene rings is 2. The van der Waals surface area contributed by atoms with E-state index in [-0.39, 0.29) is 18.3 Å². The monoisotopic (exact) mass is 456 g/mol. The lowest BCUT2D eigenvalue weighted by atomic mass is 10.1. The van der Waals surface area contributed by atoms with Gasteiger partial charge >= 0.3 is 0 Å². The third-order valence-electron chi connectivity index (χ3n) is 5.74. The highest BCUT2D eigenvalue weighted by molar-refractivity contribution is 5.90. The van der Waals surface area contributed by atoms with Gasteiger partial charge in [0.25, 0.3) is 5.56 Å². The summed E-state index contributed by atoms with van der Waals surface area (Å²) in [6, 6.07) is 14.9. The highest BCUT2D eigenvalue weighted by Gasteiger charge is 2.14. The van der Waals surface area contributed by atoms with Crippen LogP contribution in [0.15, 0.2) is 65.8 Å². The third kappa shape index (κ3) is 4.47. The fourth-order valence-electron chi connectivity index (χ4n) is 3.87. The number of nitrogens with one attached hydrogen (secondary N) is 1. The molecule has 2 aromatic heterocycles. The smallest absolute Gasteiger partial charge is 0.261 e. The minimum atomic E-state index is -0.128. The number of fused-ring (bicyclic) bond motifs is 2. The summed E-state index contributed by atoms with van der Waals surface area (Å²) < 4.78 is 12.4. The van der Waals surface area contributed by atoms with E-state index in [1.54, 1.807) is 23.2 Å². The minimum absolute atomic E-state index is 0.0399. The van der Waals surface area contributed by atoms with Gasteiger partial charge in [-0.15, -0.1) is 0 Å². The van der Waals surface area contributed by atoms with Gasteiger partial charge in [0.2, 0.25) is 12.7 Å². The van der Waals surface area contributed by atoms with Gasteiger partial charge in [-0.2, -0.15) is 0 Å². The van der Waals surface area contributed by atoms with Gasteiger partial charge in [-0.1, -0.05) is 25.5 Å². The number of amides is 1. The first kappa shape index (κ1) is 21.6. The molecule has 0 saturated carbocycles. The molecule has 4 aromatic rings. The molecule has 1 amide bonds. The molecule has 0 fully saturated rings. The number of nitrogens with zero attached hydrogens (tertiary/aromatic N) is 3. The number of ether oxygens (including phenoxy) is 2. The highest BCUT2D eigenvalue weighted by atomic mass is 16.7. The van der Waals surface area contributed by atoms with Crippen molar-refractivity contribution in [2.45, 2.75) is 32.7 Å². The van der Waals surface area contributed by atoms with Crippen molar-refractivity contribution >= 4 is 22.6 Å². The number of aromatic nitrogens is 3. The van der Waals surface area contributed by atoms with Crippen LogP contribution in [0.4, 0.5) is 5.82 Å². The molecular formula is C26H24N4O4. The largest absolute Gasteiger partial charge is 0.454 e. The summed E-state index contributed by atoms with van der Waals surface area (Å²) in [5.74, 6) is 1.86. The molecule has 172 valence electrons. The first-order chi connectivity index (χ1) is 16.6. The molecule has 5 rings (SSSR count). The summed E-state index contributed by atoms with van der Waals surface area (Å²) >= 11 is 0. The van der Waals surface area contributed by atoms with E-state index in [0.717, 1.165) is 29.5 Å². The zero-order valence-corrected chi connectivity index (χ0v) is 18.8. The Bertz CT molecular complexity index is 1410. The van der Waals surface area contributed by atoms with E-state index in [0.29, 0.717) is 41.2 Å². The second-order valence-corrected chi connectivity index (χ2v) is 8.18. The molecule has 1 aliphatic rings. The Morgan fingerprint density at radius 2 is 1.88 bits per heavy atom. The van der Waals surface area contributed by atoms with E-state index in [4.69, 9.17) is 9.47 Å². The van der Waals surface area contributed by atoms with E-state index in [9.17, 15) is 9.59 Å². The van der Waals surface area contributed by atoms with Crippen LogP contribution in [0.1, 0.15) is 31.7 Å². The number of hydrogen-bond acceptors (Lipinski definition) is 6. The van der Waals surface area contributed by atoms with Crippen molar-refractivity contribution in [2.75, 3.05) is 12.1 Å². The Hall–Kier alpha value is -4.20. The normalized spacial score (nSPS) is 12.1. The van der Waals surface area contributed by atoms with Gasteiger partial charge in [0.05, 0.1) is 23.8 Å². The van der Waals surface area contributed by atoms with Gasteiger partial charge in [-0.3, -0.25) is 14.2 Å². The molecule has 1 aliphatic heterocycles. The Balaban J connectivity index is 1.39. The molecule has 0 aliphatic carbocycles. The average molecular weight is 457 g/mol. The first-order valence-corrected chi connectivity index (χ1v) is 11.2. The molecule has 2 aromatic carbocycles. The van der Waals surface area contributed by atoms with Crippen LogP contribution in [0.2, 0.25) is 0 Å². The molecule has 0 bridgehead atoms. The van der Waals surface area contributed by atoms with Crippen molar-refractivity contribution in [2.24, 2.45) is 0 Å². The predicted molar refractivity (Wildman–Crippen MR) is 129 cm³/mol. The molecular weight excluding hydrogens is 432 g/mol. The van der Waals surface area contributed by atoms with E-state index >= 15 is 0 Å². The fraction of sp³-hybridized carbons (Fsp3) is 0.231. The lowest BCUT2D eigenvalue weighted by Gasteiger charge is -2.09. The number of hydrogen-bond donors (Lipinski definition) is 1. The van der Waals surface area contributed by atoms with Crippen molar-refractivity contribution in [3.63, 3.8) is 0 Å². The maximum absolute atomic E-state index is 13.2. The summed E-state index contributed by atoms with van der Waals surface area (Å²) in [6.07, 6.45) is 5.55. The van der Waals surface area contributed by atoms with Crippen LogP contribution in [0.25, 0.3) is 22.0 Å². The fourth-order valence-corrected chi connectivity index (χ4v) is 3.87. The van der Waals surface area contributed by atoms with Crippen LogP contribution < -0.4 is 20.3 Å². The lowest BCUT2D eigenvalue weighted by molar-refractivity contribution is -0.116. The quantitative estimate of drug-likeness (QED) is 0.444. The zero-order valence-electron chi connectivity index (χ0n) is 18.8. The predicted octanol–water partition coefficient (Wildman–Crippen LogP) is 4.36. The summed E-state index contributed by atoms with van der Waals surface area (Å²) in [4.78, 5) is 34.0. The van der Waals surface area contributed by atoms with Crippen molar-refractivity contribution in [1.82, 2.24) is 14.5 Å². The summed E-state index contributed by atoms with van der Waals surface area (Å²) in [6.45, 7) is 2.63. The van der Waals surface area contributed by atoms with Gasteiger partial charge in [0.1, 0.15) is 5.82 Å². The Morgan fingerprint density at radius 3 is 2.71 bits per heavy atom. The second-order valence-electron chi connectivity index (χ2n) is 8.18. The third-order valence-corrected chi connectivity index (χ3v) is 5.74. The zero-order chi connectivity index (χ0) is 23.5. The SMILES string of the molecule is CCCCC(=O)Nc1ccc(-c2ccc3ncn(Cc4ccc5c(c4)OCO5)c(=O)c3c2)cn1. The van der Waals surface area contributed by atoms with Gasteiger partial charge in [-0.05, 0) is 53.9 Å². The van der Waals surface area contributed by atoms with Crippen molar-refractivity contribution < 1.29 is 14.3 Å². The molecule has 0 spiro atoms. The number of carbonyl (C=O) groups is 1. The lowest BCUT2D eigenvalue weighted by Crippen LogP contribution is -2.21. The standard InChI is InChI=1S/C26H24N4O4/c1-2-3-4-25(31)29-24-10-7-19(13-27-24)18-6-8-21-20(12-18)26(32)30(15-28-21)14-17-5-9-22-23(11-17)34-16-33-22/h5-13,15H,2-4,14,16H2,1H3,(H,27,29,31). The highest BCUT2D eigenvalue weighted by Crippen LogP contribution is 2.32. The number of rotatable bonds is 7. The second kappa shape index (κ2) is 9.35. The average Bonchev–Trinajstić information content (AvgIpc) is 3.33. The van der Waals surface area contributed by atoms with Gasteiger partial charge in [0.15, 0.2) is 11.5 Å². The molecule has 0 unspecified atom stereocenters. The maximum atomic E-state index is 13.2. The van der Waals surface area contributed by atoms with E-state index < -0.39 is 0 Å². The molecule has 1 N–H and O–H groups in total. The molecule has 8 heteroatoms. The first-order valence-electron chi connectivity index (χ1n) is 11.2. The Morgan fingerprint density at radius 1 is 1.03 bits per heavy atom. The number of unbranched alkanes of at least 4 members (excludes halogenated alkanes) is 1.